The Morgan fingerprint density at radius 2 is 2.04 bits per heavy atom. The van der Waals surface area contributed by atoms with Crippen molar-refractivity contribution in [1.82, 2.24) is 4.98 Å². The lowest BCUT2D eigenvalue weighted by Gasteiger charge is -2.16. The third-order valence-electron chi connectivity index (χ3n) is 3.12. The van der Waals surface area contributed by atoms with Crippen molar-refractivity contribution >= 4 is 40.5 Å². The summed E-state index contributed by atoms with van der Waals surface area (Å²) in [6.45, 7) is 1.61. The molecule has 1 aromatic carbocycles. The number of nitrogens with zero attached hydrogens (tertiary/aromatic N) is 2. The number of hydrogen-bond acceptors (Lipinski definition) is 7. The molecule has 0 fully saturated rings. The Morgan fingerprint density at radius 3 is 2.68 bits per heavy atom. The molecule has 1 aromatic heterocycles. The maximum Gasteiger partial charge on any atom is 0.327 e. The van der Waals surface area contributed by atoms with Crippen molar-refractivity contribution in [3.8, 4) is 11.6 Å². The van der Waals surface area contributed by atoms with Gasteiger partial charge in [0.25, 0.3) is 0 Å². The van der Waals surface area contributed by atoms with E-state index in [1.54, 1.807) is 31.2 Å². The summed E-state index contributed by atoms with van der Waals surface area (Å²) < 4.78 is 10.2. The molecule has 0 aliphatic rings. The Labute approximate surface area is 152 Å². The fourth-order valence-corrected chi connectivity index (χ4v) is 2.44. The van der Waals surface area contributed by atoms with Gasteiger partial charge in [0.05, 0.1) is 23.9 Å². The zero-order valence-electron chi connectivity index (χ0n) is 13.2. The van der Waals surface area contributed by atoms with Gasteiger partial charge in [-0.15, -0.1) is 0 Å². The van der Waals surface area contributed by atoms with Gasteiger partial charge in [-0.3, -0.25) is 10.1 Å². The van der Waals surface area contributed by atoms with E-state index in [4.69, 9.17) is 27.9 Å². The first-order chi connectivity index (χ1) is 11.8. The Hall–Kier alpha value is -2.58. The van der Waals surface area contributed by atoms with Crippen molar-refractivity contribution in [3.05, 3.63) is 50.6 Å². The number of halogens is 2. The summed E-state index contributed by atoms with van der Waals surface area (Å²) in [6, 6.07) is 6.01. The summed E-state index contributed by atoms with van der Waals surface area (Å²) in [5, 5.41) is 13.5. The number of hydrogen-bond donors (Lipinski definition) is 1. The van der Waals surface area contributed by atoms with Gasteiger partial charge in [-0.2, -0.15) is 0 Å². The fraction of sp³-hybridized carbons (Fsp3) is 0.200. The van der Waals surface area contributed by atoms with Gasteiger partial charge in [0.1, 0.15) is 11.1 Å². The van der Waals surface area contributed by atoms with Crippen LogP contribution in [0.4, 0.5) is 11.4 Å². The Morgan fingerprint density at radius 1 is 1.36 bits per heavy atom. The third-order valence-corrected chi connectivity index (χ3v) is 3.74. The quantitative estimate of drug-likeness (QED) is 0.454. The topological polar surface area (TPSA) is 104 Å². The standard InChI is InChI=1S/C15H13Cl2N3O5/c1-8(15(21)24-2)19-10-5-3-4-6-11(10)25-14-12(17)13(20(22)23)9(16)7-18-14/h3-8,19H,1-2H3. The highest BCUT2D eigenvalue weighted by molar-refractivity contribution is 6.38. The number of anilines is 1. The molecule has 10 heteroatoms. The second-order valence-electron chi connectivity index (χ2n) is 4.82. The lowest BCUT2D eigenvalue weighted by Crippen LogP contribution is -2.27. The number of esters is 1. The van der Waals surface area contributed by atoms with E-state index in [-0.39, 0.29) is 21.7 Å². The van der Waals surface area contributed by atoms with Gasteiger partial charge >= 0.3 is 11.7 Å². The molecule has 0 amide bonds. The Bertz CT molecular complexity index is 816. The number of para-hydroxylation sites is 2. The van der Waals surface area contributed by atoms with Crippen LogP contribution in [0.2, 0.25) is 10.0 Å². The summed E-state index contributed by atoms with van der Waals surface area (Å²) in [6.07, 6.45) is 1.08. The number of aromatic nitrogens is 1. The predicted molar refractivity (Wildman–Crippen MR) is 92.5 cm³/mol. The van der Waals surface area contributed by atoms with Crippen molar-refractivity contribution < 1.29 is 19.2 Å². The first-order valence-electron chi connectivity index (χ1n) is 6.94. The first-order valence-corrected chi connectivity index (χ1v) is 7.70. The predicted octanol–water partition coefficient (Wildman–Crippen LogP) is 4.06. The van der Waals surface area contributed by atoms with Crippen LogP contribution >= 0.6 is 23.2 Å². The van der Waals surface area contributed by atoms with E-state index >= 15 is 0 Å². The van der Waals surface area contributed by atoms with E-state index in [0.29, 0.717) is 5.69 Å². The van der Waals surface area contributed by atoms with Gasteiger partial charge in [-0.1, -0.05) is 35.3 Å². The molecular weight excluding hydrogens is 373 g/mol. The van der Waals surface area contributed by atoms with Crippen LogP contribution in [-0.2, 0) is 9.53 Å². The number of methoxy groups -OCH3 is 1. The van der Waals surface area contributed by atoms with Crippen molar-refractivity contribution in [2.24, 2.45) is 0 Å². The molecule has 2 rings (SSSR count). The third kappa shape index (κ3) is 4.28. The number of carbonyl (C=O) groups excluding carboxylic acids is 1. The molecule has 0 aliphatic carbocycles. The van der Waals surface area contributed by atoms with Crippen molar-refractivity contribution in [2.75, 3.05) is 12.4 Å². The zero-order valence-corrected chi connectivity index (χ0v) is 14.7. The van der Waals surface area contributed by atoms with Crippen LogP contribution in [0.3, 0.4) is 0 Å². The Balaban J connectivity index is 2.34. The average Bonchev–Trinajstić information content (AvgIpc) is 2.57. The minimum Gasteiger partial charge on any atom is -0.467 e. The number of nitrogens with one attached hydrogen (secondary N) is 1. The van der Waals surface area contributed by atoms with Crippen LogP contribution in [0.25, 0.3) is 0 Å². The van der Waals surface area contributed by atoms with Gasteiger partial charge in [-0.05, 0) is 19.1 Å². The second-order valence-corrected chi connectivity index (χ2v) is 5.60. The zero-order chi connectivity index (χ0) is 18.6. The normalized spacial score (nSPS) is 11.5. The van der Waals surface area contributed by atoms with Crippen molar-refractivity contribution in [2.45, 2.75) is 13.0 Å². The van der Waals surface area contributed by atoms with E-state index in [0.717, 1.165) is 6.20 Å². The van der Waals surface area contributed by atoms with Crippen LogP contribution < -0.4 is 10.1 Å². The number of nitro groups is 1. The van der Waals surface area contributed by atoms with Gasteiger partial charge in [0.2, 0.25) is 5.88 Å². The molecule has 0 radical (unpaired) electrons. The molecule has 1 N–H and O–H groups in total. The highest BCUT2D eigenvalue weighted by Crippen LogP contribution is 2.40. The molecule has 8 nitrogen and oxygen atoms in total. The molecule has 1 unspecified atom stereocenters. The van der Waals surface area contributed by atoms with E-state index in [2.05, 4.69) is 15.0 Å². The average molecular weight is 386 g/mol. The summed E-state index contributed by atoms with van der Waals surface area (Å²) >= 11 is 11.7. The van der Waals surface area contributed by atoms with Crippen LogP contribution in [0, 0.1) is 10.1 Å². The lowest BCUT2D eigenvalue weighted by molar-refractivity contribution is -0.384. The van der Waals surface area contributed by atoms with Crippen molar-refractivity contribution in [3.63, 3.8) is 0 Å². The van der Waals surface area contributed by atoms with Crippen LogP contribution in [-0.4, -0.2) is 29.0 Å². The maximum absolute atomic E-state index is 11.5. The number of carbonyl (C=O) groups is 1. The number of pyridine rings is 1. The van der Waals surface area contributed by atoms with E-state index in [1.807, 2.05) is 0 Å². The molecule has 0 saturated carbocycles. The monoisotopic (exact) mass is 385 g/mol. The van der Waals surface area contributed by atoms with E-state index < -0.39 is 22.6 Å². The summed E-state index contributed by atoms with van der Waals surface area (Å²) in [4.78, 5) is 25.8. The van der Waals surface area contributed by atoms with Gasteiger partial charge in [0.15, 0.2) is 10.8 Å². The molecule has 1 atom stereocenters. The van der Waals surface area contributed by atoms with Crippen LogP contribution in [0.1, 0.15) is 6.92 Å². The smallest absolute Gasteiger partial charge is 0.327 e. The van der Waals surface area contributed by atoms with Crippen LogP contribution in [0.5, 0.6) is 11.6 Å². The molecule has 0 bridgehead atoms. The molecule has 0 saturated heterocycles. The molecule has 132 valence electrons. The molecular formula is C15H13Cl2N3O5. The van der Waals surface area contributed by atoms with Gasteiger partial charge in [-0.25, -0.2) is 9.78 Å². The Kier molecular flexibility index (Phi) is 6.00. The van der Waals surface area contributed by atoms with Crippen LogP contribution in [0.15, 0.2) is 30.5 Å². The van der Waals surface area contributed by atoms with E-state index in [1.165, 1.54) is 7.11 Å². The summed E-state index contributed by atoms with van der Waals surface area (Å²) in [5.74, 6) is -0.380. The maximum atomic E-state index is 11.5. The molecule has 2 aromatic rings. The highest BCUT2D eigenvalue weighted by atomic mass is 35.5. The minimum absolute atomic E-state index is 0.183. The largest absolute Gasteiger partial charge is 0.467 e. The summed E-state index contributed by atoms with van der Waals surface area (Å²) in [7, 11) is 1.28. The number of ether oxygens (including phenoxy) is 2. The van der Waals surface area contributed by atoms with E-state index in [9.17, 15) is 14.9 Å². The number of rotatable bonds is 6. The number of benzene rings is 1. The fourth-order valence-electron chi connectivity index (χ4n) is 1.93. The minimum atomic E-state index is -0.720. The van der Waals surface area contributed by atoms with Crippen molar-refractivity contribution in [1.29, 1.82) is 0 Å². The SMILES string of the molecule is COC(=O)C(C)Nc1ccccc1Oc1ncc(Cl)c([N+](=O)[O-])c1Cl. The molecule has 0 spiro atoms. The summed E-state index contributed by atoms with van der Waals surface area (Å²) in [5.41, 5.74) is -0.0439. The molecule has 1 heterocycles. The first kappa shape index (κ1) is 18.8. The van der Waals surface area contributed by atoms with Gasteiger partial charge < -0.3 is 14.8 Å². The highest BCUT2D eigenvalue weighted by Gasteiger charge is 2.24. The second kappa shape index (κ2) is 8.00. The lowest BCUT2D eigenvalue weighted by atomic mass is 10.2. The van der Waals surface area contributed by atoms with Gasteiger partial charge in [0, 0.05) is 0 Å². The molecule has 0 aliphatic heterocycles. The molecule has 25 heavy (non-hydrogen) atoms.